The molecule has 0 bridgehead atoms. The van der Waals surface area contributed by atoms with E-state index in [1.165, 1.54) is 0 Å². The molecule has 2 aromatic rings. The van der Waals surface area contributed by atoms with Crippen LogP contribution in [0.1, 0.15) is 5.76 Å². The summed E-state index contributed by atoms with van der Waals surface area (Å²) in [5, 5.41) is 10.5. The van der Waals surface area contributed by atoms with Crippen LogP contribution in [0.4, 0.5) is 0 Å². The first kappa shape index (κ1) is 14.5. The average Bonchev–Trinajstić information content (AvgIpc) is 2.99. The molecule has 6 nitrogen and oxygen atoms in total. The lowest BCUT2D eigenvalue weighted by atomic mass is 10.2. The Balaban J connectivity index is 1.58. The van der Waals surface area contributed by atoms with Gasteiger partial charge in [-0.2, -0.15) is 5.10 Å². The van der Waals surface area contributed by atoms with Gasteiger partial charge in [0.1, 0.15) is 5.69 Å². The summed E-state index contributed by atoms with van der Waals surface area (Å²) < 4.78 is 7.24. The van der Waals surface area contributed by atoms with Gasteiger partial charge >= 0.3 is 0 Å². The second kappa shape index (κ2) is 6.99. The number of hydrazone groups is 1. The molecule has 1 saturated heterocycles. The van der Waals surface area contributed by atoms with E-state index in [0.717, 1.165) is 49.7 Å². The molecule has 1 fully saturated rings. The van der Waals surface area contributed by atoms with Gasteiger partial charge in [0.25, 0.3) is 0 Å². The van der Waals surface area contributed by atoms with Crippen LogP contribution in [0.25, 0.3) is 11.3 Å². The highest BCUT2D eigenvalue weighted by Gasteiger charge is 2.17. The molecule has 0 aromatic carbocycles. The number of halogens is 1. The van der Waals surface area contributed by atoms with Crippen molar-refractivity contribution in [1.82, 2.24) is 20.0 Å². The fourth-order valence-electron chi connectivity index (χ4n) is 2.33. The number of nitrogens with zero attached hydrogens (tertiary/aromatic N) is 5. The molecule has 0 N–H and O–H groups in total. The van der Waals surface area contributed by atoms with Gasteiger partial charge in [0, 0.05) is 50.2 Å². The van der Waals surface area contributed by atoms with Gasteiger partial charge in [-0.1, -0.05) is 5.16 Å². The lowest BCUT2D eigenvalue weighted by molar-refractivity contribution is 0.122. The van der Waals surface area contributed by atoms with Gasteiger partial charge in [0.15, 0.2) is 5.76 Å². The van der Waals surface area contributed by atoms with Crippen molar-refractivity contribution in [2.45, 2.75) is 6.54 Å². The van der Waals surface area contributed by atoms with Crippen molar-refractivity contribution in [3.8, 4) is 11.3 Å². The molecule has 0 spiro atoms. The van der Waals surface area contributed by atoms with Crippen molar-refractivity contribution < 1.29 is 4.52 Å². The molecular weight excluding hydrogens is 381 g/mol. The first-order valence-electron chi connectivity index (χ1n) is 6.81. The van der Waals surface area contributed by atoms with Gasteiger partial charge in [-0.3, -0.25) is 14.9 Å². The molecule has 0 atom stereocenters. The summed E-state index contributed by atoms with van der Waals surface area (Å²) in [5.74, 6) is 0.889. The van der Waals surface area contributed by atoms with Crippen molar-refractivity contribution in [1.29, 1.82) is 0 Å². The van der Waals surface area contributed by atoms with Crippen LogP contribution in [0.2, 0.25) is 0 Å². The largest absolute Gasteiger partial charge is 0.359 e. The van der Waals surface area contributed by atoms with Crippen molar-refractivity contribution in [3.63, 3.8) is 0 Å². The molecule has 110 valence electrons. The highest BCUT2D eigenvalue weighted by atomic mass is 127. The molecule has 0 saturated carbocycles. The first-order chi connectivity index (χ1) is 10.3. The number of hydrogen-bond acceptors (Lipinski definition) is 6. The van der Waals surface area contributed by atoms with Crippen LogP contribution in [-0.4, -0.2) is 50.4 Å². The van der Waals surface area contributed by atoms with Gasteiger partial charge in [0.2, 0.25) is 0 Å². The van der Waals surface area contributed by atoms with Gasteiger partial charge in [-0.25, -0.2) is 0 Å². The van der Waals surface area contributed by atoms with Gasteiger partial charge < -0.3 is 4.52 Å². The molecule has 2 aromatic heterocycles. The van der Waals surface area contributed by atoms with E-state index in [0.29, 0.717) is 0 Å². The Kier molecular flexibility index (Phi) is 4.81. The minimum absolute atomic E-state index is 0.787. The van der Waals surface area contributed by atoms with E-state index in [2.05, 4.69) is 47.7 Å². The van der Waals surface area contributed by atoms with E-state index >= 15 is 0 Å². The highest BCUT2D eigenvalue weighted by Crippen LogP contribution is 2.19. The van der Waals surface area contributed by atoms with Crippen LogP contribution >= 0.6 is 22.6 Å². The normalized spacial score (nSPS) is 16.7. The van der Waals surface area contributed by atoms with Crippen LogP contribution in [-0.2, 0) is 6.54 Å². The highest BCUT2D eigenvalue weighted by molar-refractivity contribution is 14.1. The third kappa shape index (κ3) is 3.79. The molecule has 0 unspecified atom stereocenters. The lowest BCUT2D eigenvalue weighted by Gasteiger charge is -2.32. The second-order valence-electron chi connectivity index (χ2n) is 4.86. The van der Waals surface area contributed by atoms with Crippen LogP contribution in [0.5, 0.6) is 0 Å². The second-order valence-corrected chi connectivity index (χ2v) is 5.42. The SMILES string of the molecule is IC=NN1CCN(Cc2cc(-c3cccnc3)no2)CC1. The van der Waals surface area contributed by atoms with Crippen LogP contribution in [0.3, 0.4) is 0 Å². The minimum atomic E-state index is 0.787. The Hall–Kier alpha value is -1.48. The molecule has 0 amide bonds. The standard InChI is InChI=1S/C14H16IN5O/c15-11-17-20-6-4-19(5-7-20)10-13-8-14(18-21-13)12-2-1-3-16-9-12/h1-3,8-9,11H,4-7,10H2. The smallest absolute Gasteiger partial charge is 0.151 e. The first-order valence-corrected chi connectivity index (χ1v) is 8.05. The van der Waals surface area contributed by atoms with Crippen LogP contribution in [0.15, 0.2) is 40.2 Å². The fourth-order valence-corrected chi connectivity index (χ4v) is 2.68. The summed E-state index contributed by atoms with van der Waals surface area (Å²) in [5.41, 5.74) is 1.82. The zero-order chi connectivity index (χ0) is 14.5. The van der Waals surface area contributed by atoms with E-state index < -0.39 is 0 Å². The molecule has 3 rings (SSSR count). The predicted molar refractivity (Wildman–Crippen MR) is 89.1 cm³/mol. The Labute approximate surface area is 137 Å². The zero-order valence-electron chi connectivity index (χ0n) is 11.5. The van der Waals surface area contributed by atoms with Gasteiger partial charge in [-0.05, 0) is 34.7 Å². The summed E-state index contributed by atoms with van der Waals surface area (Å²) in [6.07, 6.45) is 3.55. The summed E-state index contributed by atoms with van der Waals surface area (Å²) in [7, 11) is 0. The van der Waals surface area contributed by atoms with E-state index in [4.69, 9.17) is 4.52 Å². The third-order valence-electron chi connectivity index (χ3n) is 3.45. The van der Waals surface area contributed by atoms with Crippen molar-refractivity contribution in [2.24, 2.45) is 5.10 Å². The number of pyridine rings is 1. The maximum Gasteiger partial charge on any atom is 0.151 e. The minimum Gasteiger partial charge on any atom is -0.359 e. The summed E-state index contributed by atoms with van der Waals surface area (Å²) >= 11 is 2.15. The summed E-state index contributed by atoms with van der Waals surface area (Å²) in [4.78, 5) is 6.45. The van der Waals surface area contributed by atoms with E-state index in [1.54, 1.807) is 12.4 Å². The van der Waals surface area contributed by atoms with Gasteiger partial charge in [-0.15, -0.1) is 0 Å². The molecular formula is C14H16IN5O. The average molecular weight is 397 g/mol. The maximum absolute atomic E-state index is 5.43. The van der Waals surface area contributed by atoms with E-state index in [-0.39, 0.29) is 0 Å². The Morgan fingerprint density at radius 3 is 2.90 bits per heavy atom. The van der Waals surface area contributed by atoms with Crippen molar-refractivity contribution >= 4 is 26.8 Å². The van der Waals surface area contributed by atoms with Crippen molar-refractivity contribution in [3.05, 3.63) is 36.4 Å². The monoisotopic (exact) mass is 397 g/mol. The number of hydrogen-bond donors (Lipinski definition) is 0. The molecule has 3 heterocycles. The topological polar surface area (TPSA) is 57.8 Å². The molecule has 1 aliphatic rings. The predicted octanol–water partition coefficient (Wildman–Crippen LogP) is 2.23. The fraction of sp³-hybridized carbons (Fsp3) is 0.357. The Morgan fingerprint density at radius 1 is 1.33 bits per heavy atom. The molecule has 0 aliphatic carbocycles. The lowest BCUT2D eigenvalue weighted by Crippen LogP contribution is -2.43. The number of piperazine rings is 1. The maximum atomic E-state index is 5.43. The summed E-state index contributed by atoms with van der Waals surface area (Å²) in [6.45, 7) is 4.65. The third-order valence-corrected chi connectivity index (χ3v) is 3.70. The van der Waals surface area contributed by atoms with Crippen LogP contribution in [0, 0.1) is 0 Å². The molecule has 1 aliphatic heterocycles. The molecule has 7 heteroatoms. The number of rotatable bonds is 4. The van der Waals surface area contributed by atoms with E-state index in [1.807, 2.05) is 22.4 Å². The Morgan fingerprint density at radius 2 is 2.19 bits per heavy atom. The Bertz CT molecular complexity index is 592. The molecule has 0 radical (unpaired) electrons. The van der Waals surface area contributed by atoms with E-state index in [9.17, 15) is 0 Å². The number of aromatic nitrogens is 2. The molecule has 21 heavy (non-hydrogen) atoms. The van der Waals surface area contributed by atoms with Crippen molar-refractivity contribution in [2.75, 3.05) is 26.2 Å². The van der Waals surface area contributed by atoms with Gasteiger partial charge in [0.05, 0.1) is 10.8 Å². The zero-order valence-corrected chi connectivity index (χ0v) is 13.7. The summed E-state index contributed by atoms with van der Waals surface area (Å²) in [6, 6.07) is 5.87. The quantitative estimate of drug-likeness (QED) is 0.585. The van der Waals surface area contributed by atoms with Crippen LogP contribution < -0.4 is 0 Å².